The quantitative estimate of drug-likeness (QED) is 0.560. The molecule has 1 heterocycles. The van der Waals surface area contributed by atoms with Gasteiger partial charge in [0.15, 0.2) is 0 Å². The molecule has 0 saturated carbocycles. The third-order valence-electron chi connectivity index (χ3n) is 4.55. The lowest BCUT2D eigenvalue weighted by molar-refractivity contribution is -0.146. The van der Waals surface area contributed by atoms with E-state index >= 15 is 0 Å². The number of ether oxygens (including phenoxy) is 3. The van der Waals surface area contributed by atoms with E-state index in [1.165, 1.54) is 6.08 Å². The van der Waals surface area contributed by atoms with Crippen molar-refractivity contribution in [3.8, 4) is 11.5 Å². The highest BCUT2D eigenvalue weighted by molar-refractivity contribution is 5.87. The van der Waals surface area contributed by atoms with Crippen LogP contribution < -0.4 is 4.74 Å². The summed E-state index contributed by atoms with van der Waals surface area (Å²) in [7, 11) is 0. The van der Waals surface area contributed by atoms with E-state index in [0.29, 0.717) is 17.9 Å². The summed E-state index contributed by atoms with van der Waals surface area (Å²) >= 11 is 0. The van der Waals surface area contributed by atoms with Crippen molar-refractivity contribution in [3.63, 3.8) is 0 Å². The second kappa shape index (κ2) is 9.28. The van der Waals surface area contributed by atoms with Gasteiger partial charge in [0.25, 0.3) is 0 Å². The van der Waals surface area contributed by atoms with E-state index in [0.717, 1.165) is 17.5 Å². The average molecular weight is 396 g/mol. The van der Waals surface area contributed by atoms with Gasteiger partial charge < -0.3 is 19.3 Å². The van der Waals surface area contributed by atoms with Crippen molar-refractivity contribution < 1.29 is 28.9 Å². The molecule has 0 fully saturated rings. The first-order valence-electron chi connectivity index (χ1n) is 9.64. The van der Waals surface area contributed by atoms with Crippen molar-refractivity contribution in [2.75, 3.05) is 13.2 Å². The fourth-order valence-electron chi connectivity index (χ4n) is 3.21. The Bertz CT molecular complexity index is 900. The summed E-state index contributed by atoms with van der Waals surface area (Å²) in [5, 5.41) is 9.55. The Hall–Kier alpha value is -3.28. The number of esters is 2. The molecule has 2 aromatic carbocycles. The van der Waals surface area contributed by atoms with Crippen LogP contribution in [-0.4, -0.2) is 30.3 Å². The standard InChI is InChI=1S/C23H24O6/c1-3-13-28-20(25)12-6-15-5-11-19-18(14-15)21(23(26)27-4-2)22(29-19)16-7-9-17(24)10-8-16/h5-12,14,21-22,24H,3-4,13H2,1-2H3/b12-6+/t21-,22+/m1/s1. The topological polar surface area (TPSA) is 82.1 Å². The number of carbonyl (C=O) groups excluding carboxylic acids is 2. The van der Waals surface area contributed by atoms with Crippen LogP contribution in [0.4, 0.5) is 0 Å². The number of hydrogen-bond donors (Lipinski definition) is 1. The normalized spacial score (nSPS) is 17.6. The molecular formula is C23H24O6. The molecule has 152 valence electrons. The van der Waals surface area contributed by atoms with E-state index in [1.54, 1.807) is 43.3 Å². The second-order valence-corrected chi connectivity index (χ2v) is 6.66. The average Bonchev–Trinajstić information content (AvgIpc) is 3.10. The molecular weight excluding hydrogens is 372 g/mol. The van der Waals surface area contributed by atoms with Crippen molar-refractivity contribution in [1.82, 2.24) is 0 Å². The van der Waals surface area contributed by atoms with Gasteiger partial charge in [-0.1, -0.05) is 25.1 Å². The largest absolute Gasteiger partial charge is 0.508 e. The minimum Gasteiger partial charge on any atom is -0.508 e. The number of carbonyl (C=O) groups is 2. The molecule has 6 heteroatoms. The van der Waals surface area contributed by atoms with E-state index in [2.05, 4.69) is 0 Å². The Labute approximate surface area is 169 Å². The molecule has 1 aliphatic rings. The summed E-state index contributed by atoms with van der Waals surface area (Å²) < 4.78 is 16.4. The molecule has 0 unspecified atom stereocenters. The van der Waals surface area contributed by atoms with Crippen LogP contribution in [-0.2, 0) is 19.1 Å². The van der Waals surface area contributed by atoms with Crippen LogP contribution >= 0.6 is 0 Å². The predicted molar refractivity (Wildman–Crippen MR) is 108 cm³/mol. The minimum absolute atomic E-state index is 0.138. The second-order valence-electron chi connectivity index (χ2n) is 6.66. The van der Waals surface area contributed by atoms with Crippen molar-refractivity contribution in [3.05, 3.63) is 65.2 Å². The van der Waals surface area contributed by atoms with Gasteiger partial charge in [0.05, 0.1) is 13.2 Å². The maximum Gasteiger partial charge on any atom is 0.330 e. The Morgan fingerprint density at radius 1 is 1.10 bits per heavy atom. The zero-order valence-corrected chi connectivity index (χ0v) is 16.5. The Balaban J connectivity index is 1.90. The molecule has 0 bridgehead atoms. The molecule has 1 aliphatic heterocycles. The Kier molecular flexibility index (Phi) is 6.54. The lowest BCUT2D eigenvalue weighted by Gasteiger charge is -2.18. The van der Waals surface area contributed by atoms with Crippen molar-refractivity contribution in [2.24, 2.45) is 0 Å². The highest BCUT2D eigenvalue weighted by Crippen LogP contribution is 2.47. The molecule has 2 aromatic rings. The van der Waals surface area contributed by atoms with Crippen LogP contribution in [0.25, 0.3) is 6.08 Å². The van der Waals surface area contributed by atoms with Crippen molar-refractivity contribution in [2.45, 2.75) is 32.3 Å². The maximum absolute atomic E-state index is 12.7. The number of hydrogen-bond acceptors (Lipinski definition) is 6. The van der Waals surface area contributed by atoms with E-state index in [-0.39, 0.29) is 18.3 Å². The van der Waals surface area contributed by atoms with Gasteiger partial charge in [-0.3, -0.25) is 4.79 Å². The lowest BCUT2D eigenvalue weighted by Crippen LogP contribution is -2.21. The summed E-state index contributed by atoms with van der Waals surface area (Å²) in [4.78, 5) is 24.4. The molecule has 0 aromatic heterocycles. The molecule has 0 saturated heterocycles. The maximum atomic E-state index is 12.7. The highest BCUT2D eigenvalue weighted by Gasteiger charge is 2.41. The molecule has 0 spiro atoms. The molecule has 1 N–H and O–H groups in total. The van der Waals surface area contributed by atoms with Gasteiger partial charge in [0.1, 0.15) is 23.5 Å². The van der Waals surface area contributed by atoms with Gasteiger partial charge in [-0.2, -0.15) is 0 Å². The Morgan fingerprint density at radius 3 is 2.55 bits per heavy atom. The van der Waals surface area contributed by atoms with E-state index in [1.807, 2.05) is 19.1 Å². The summed E-state index contributed by atoms with van der Waals surface area (Å²) in [6, 6.07) is 12.0. The molecule has 3 rings (SSSR count). The fourth-order valence-corrected chi connectivity index (χ4v) is 3.21. The number of phenolic OH excluding ortho intramolecular Hbond substituents is 1. The van der Waals surface area contributed by atoms with Gasteiger partial charge in [-0.05, 0) is 54.8 Å². The number of benzene rings is 2. The van der Waals surface area contributed by atoms with Crippen LogP contribution in [0, 0.1) is 0 Å². The van der Waals surface area contributed by atoms with E-state index in [4.69, 9.17) is 14.2 Å². The highest BCUT2D eigenvalue weighted by atomic mass is 16.5. The molecule has 0 amide bonds. The van der Waals surface area contributed by atoms with Crippen molar-refractivity contribution >= 4 is 18.0 Å². The first kappa shape index (κ1) is 20.5. The van der Waals surface area contributed by atoms with Gasteiger partial charge in [0.2, 0.25) is 0 Å². The first-order chi connectivity index (χ1) is 14.0. The van der Waals surface area contributed by atoms with Crippen LogP contribution in [0.3, 0.4) is 0 Å². The summed E-state index contributed by atoms with van der Waals surface area (Å²) in [5.41, 5.74) is 2.21. The molecule has 6 nitrogen and oxygen atoms in total. The van der Waals surface area contributed by atoms with Gasteiger partial charge in [-0.25, -0.2) is 4.79 Å². The number of phenols is 1. The smallest absolute Gasteiger partial charge is 0.330 e. The zero-order valence-electron chi connectivity index (χ0n) is 16.5. The van der Waals surface area contributed by atoms with Gasteiger partial charge in [0, 0.05) is 11.6 Å². The summed E-state index contributed by atoms with van der Waals surface area (Å²) in [5.74, 6) is -0.707. The molecule has 2 atom stereocenters. The molecule has 0 aliphatic carbocycles. The first-order valence-corrected chi connectivity index (χ1v) is 9.64. The predicted octanol–water partition coefficient (Wildman–Crippen LogP) is 4.14. The van der Waals surface area contributed by atoms with Gasteiger partial charge in [-0.15, -0.1) is 0 Å². The summed E-state index contributed by atoms with van der Waals surface area (Å²) in [6.07, 6.45) is 3.21. The van der Waals surface area contributed by atoms with Crippen LogP contribution in [0.5, 0.6) is 11.5 Å². The fraction of sp³-hybridized carbons (Fsp3) is 0.304. The van der Waals surface area contributed by atoms with E-state index in [9.17, 15) is 14.7 Å². The zero-order chi connectivity index (χ0) is 20.8. The Morgan fingerprint density at radius 2 is 1.86 bits per heavy atom. The lowest BCUT2D eigenvalue weighted by atomic mass is 9.90. The third kappa shape index (κ3) is 4.77. The van der Waals surface area contributed by atoms with Crippen LogP contribution in [0.15, 0.2) is 48.5 Å². The number of rotatable bonds is 7. The molecule has 0 radical (unpaired) electrons. The van der Waals surface area contributed by atoms with Crippen molar-refractivity contribution in [1.29, 1.82) is 0 Å². The monoisotopic (exact) mass is 396 g/mol. The minimum atomic E-state index is -0.644. The van der Waals surface area contributed by atoms with E-state index < -0.39 is 18.0 Å². The number of fused-ring (bicyclic) bond motifs is 1. The molecule has 29 heavy (non-hydrogen) atoms. The summed E-state index contributed by atoms with van der Waals surface area (Å²) in [6.45, 7) is 4.32. The number of aromatic hydroxyl groups is 1. The van der Waals surface area contributed by atoms with Crippen LogP contribution in [0.1, 0.15) is 49.0 Å². The van der Waals surface area contributed by atoms with Gasteiger partial charge >= 0.3 is 11.9 Å². The van der Waals surface area contributed by atoms with Crippen LogP contribution in [0.2, 0.25) is 0 Å². The third-order valence-corrected chi connectivity index (χ3v) is 4.55. The SMILES string of the molecule is CCCOC(=O)/C=C/c1ccc2c(c1)[C@@H](C(=O)OCC)[C@H](c1ccc(O)cc1)O2.